The van der Waals surface area contributed by atoms with Gasteiger partial charge in [-0.05, 0) is 24.3 Å². The summed E-state index contributed by atoms with van der Waals surface area (Å²) in [6.45, 7) is 0.911. The fraction of sp³-hybridized carbons (Fsp3) is 0.118. The average Bonchev–Trinajstić information content (AvgIpc) is 2.59. The molecule has 3 heterocycles. The van der Waals surface area contributed by atoms with Crippen molar-refractivity contribution in [2.24, 2.45) is 0 Å². The molecule has 6 heteroatoms. The van der Waals surface area contributed by atoms with Gasteiger partial charge in [0.1, 0.15) is 13.2 Å². The van der Waals surface area contributed by atoms with E-state index in [2.05, 4.69) is 9.97 Å². The fourth-order valence-corrected chi connectivity index (χ4v) is 2.60. The van der Waals surface area contributed by atoms with Crippen molar-refractivity contribution >= 4 is 16.9 Å². The summed E-state index contributed by atoms with van der Waals surface area (Å²) in [4.78, 5) is 20.3. The van der Waals surface area contributed by atoms with E-state index < -0.39 is 5.97 Å². The molecule has 0 radical (unpaired) electrons. The molecule has 1 N–H and O–H groups in total. The molecule has 0 saturated heterocycles. The zero-order chi connectivity index (χ0) is 15.8. The third kappa shape index (κ3) is 2.34. The van der Waals surface area contributed by atoms with Gasteiger partial charge in [-0.1, -0.05) is 0 Å². The van der Waals surface area contributed by atoms with Crippen LogP contribution in [0.2, 0.25) is 0 Å². The summed E-state index contributed by atoms with van der Waals surface area (Å²) in [5.74, 6) is 0.109. The van der Waals surface area contributed by atoms with Crippen LogP contribution in [0.1, 0.15) is 10.4 Å². The van der Waals surface area contributed by atoms with E-state index in [9.17, 15) is 9.90 Å². The number of aromatic nitrogens is 2. The molecule has 0 amide bonds. The highest BCUT2D eigenvalue weighted by Crippen LogP contribution is 2.36. The van der Waals surface area contributed by atoms with E-state index in [1.165, 1.54) is 0 Å². The highest BCUT2D eigenvalue weighted by molar-refractivity contribution is 6.04. The Morgan fingerprint density at radius 2 is 1.91 bits per heavy atom. The molecule has 23 heavy (non-hydrogen) atoms. The summed E-state index contributed by atoms with van der Waals surface area (Å²) in [6, 6.07) is 8.57. The van der Waals surface area contributed by atoms with Gasteiger partial charge in [-0.25, -0.2) is 9.78 Å². The SMILES string of the molecule is O=C(O)c1cc(-c2cccnc2)nc2cc3c(cc12)OCCO3. The maximum Gasteiger partial charge on any atom is 0.336 e. The molecule has 3 aromatic rings. The fourth-order valence-electron chi connectivity index (χ4n) is 2.60. The number of ether oxygens (including phenoxy) is 2. The summed E-state index contributed by atoms with van der Waals surface area (Å²) < 4.78 is 11.1. The van der Waals surface area contributed by atoms with E-state index in [1.807, 2.05) is 6.07 Å². The zero-order valence-electron chi connectivity index (χ0n) is 12.0. The Morgan fingerprint density at radius 1 is 1.13 bits per heavy atom. The highest BCUT2D eigenvalue weighted by atomic mass is 16.6. The first-order chi connectivity index (χ1) is 11.2. The molecule has 2 aromatic heterocycles. The second-order valence-corrected chi connectivity index (χ2v) is 5.11. The smallest absolute Gasteiger partial charge is 0.336 e. The second-order valence-electron chi connectivity index (χ2n) is 5.11. The van der Waals surface area contributed by atoms with Crippen LogP contribution in [-0.2, 0) is 0 Å². The van der Waals surface area contributed by atoms with Crippen molar-refractivity contribution in [3.8, 4) is 22.8 Å². The van der Waals surface area contributed by atoms with Gasteiger partial charge in [-0.2, -0.15) is 0 Å². The van der Waals surface area contributed by atoms with Crippen molar-refractivity contribution in [2.45, 2.75) is 0 Å². The van der Waals surface area contributed by atoms with Crippen molar-refractivity contribution in [1.82, 2.24) is 9.97 Å². The maximum absolute atomic E-state index is 11.7. The number of carboxylic acid groups (broad SMARTS) is 1. The average molecular weight is 308 g/mol. The number of hydrogen-bond donors (Lipinski definition) is 1. The lowest BCUT2D eigenvalue weighted by Crippen LogP contribution is -2.15. The number of carboxylic acids is 1. The highest BCUT2D eigenvalue weighted by Gasteiger charge is 2.18. The molecule has 1 aromatic carbocycles. The van der Waals surface area contributed by atoms with Crippen molar-refractivity contribution in [2.75, 3.05) is 13.2 Å². The Bertz CT molecular complexity index is 909. The quantitative estimate of drug-likeness (QED) is 0.784. The van der Waals surface area contributed by atoms with E-state index in [0.717, 1.165) is 5.56 Å². The van der Waals surface area contributed by atoms with E-state index in [1.54, 1.807) is 36.7 Å². The van der Waals surface area contributed by atoms with Gasteiger partial charge in [0.05, 0.1) is 16.8 Å². The maximum atomic E-state index is 11.7. The van der Waals surface area contributed by atoms with Gasteiger partial charge in [0.2, 0.25) is 0 Å². The Hall–Kier alpha value is -3.15. The lowest BCUT2D eigenvalue weighted by atomic mass is 10.0. The van der Waals surface area contributed by atoms with Gasteiger partial charge in [-0.3, -0.25) is 4.98 Å². The molecule has 0 spiro atoms. The first-order valence-electron chi connectivity index (χ1n) is 7.10. The Kier molecular flexibility index (Phi) is 3.08. The standard InChI is InChI=1S/C17H12N2O4/c20-17(21)12-6-13(10-2-1-3-18-9-10)19-14-8-16-15(7-11(12)14)22-4-5-23-16/h1-3,6-9H,4-5H2,(H,20,21). The van der Waals surface area contributed by atoms with E-state index >= 15 is 0 Å². The Labute approximate surface area is 131 Å². The largest absolute Gasteiger partial charge is 0.486 e. The lowest BCUT2D eigenvalue weighted by molar-refractivity contribution is 0.0699. The molecular formula is C17H12N2O4. The Morgan fingerprint density at radius 3 is 2.61 bits per heavy atom. The van der Waals surface area contributed by atoms with Crippen molar-refractivity contribution < 1.29 is 19.4 Å². The minimum atomic E-state index is -1.01. The van der Waals surface area contributed by atoms with Crippen LogP contribution in [-0.4, -0.2) is 34.3 Å². The predicted octanol–water partition coefficient (Wildman–Crippen LogP) is 2.77. The third-order valence-corrected chi connectivity index (χ3v) is 3.66. The van der Waals surface area contributed by atoms with Gasteiger partial charge in [0, 0.05) is 29.4 Å². The molecule has 0 fully saturated rings. The number of nitrogens with zero attached hydrogens (tertiary/aromatic N) is 2. The monoisotopic (exact) mass is 308 g/mol. The number of pyridine rings is 2. The van der Waals surface area contributed by atoms with Crippen LogP contribution in [0.25, 0.3) is 22.2 Å². The number of carbonyl (C=O) groups is 1. The molecule has 0 atom stereocenters. The molecule has 114 valence electrons. The Balaban J connectivity index is 1.99. The molecule has 6 nitrogen and oxygen atoms in total. The van der Waals surface area contributed by atoms with Crippen LogP contribution in [0.4, 0.5) is 0 Å². The summed E-state index contributed by atoms with van der Waals surface area (Å²) in [5, 5.41) is 10.1. The topological polar surface area (TPSA) is 81.5 Å². The summed E-state index contributed by atoms with van der Waals surface area (Å²) in [6.07, 6.45) is 3.31. The van der Waals surface area contributed by atoms with Crippen LogP contribution in [0, 0.1) is 0 Å². The molecule has 0 saturated carbocycles. The van der Waals surface area contributed by atoms with Crippen LogP contribution in [0.3, 0.4) is 0 Å². The van der Waals surface area contributed by atoms with Crippen molar-refractivity contribution in [3.05, 3.63) is 48.3 Å². The molecule has 1 aliphatic heterocycles. The zero-order valence-corrected chi connectivity index (χ0v) is 12.0. The van der Waals surface area contributed by atoms with Crippen LogP contribution in [0.5, 0.6) is 11.5 Å². The number of aromatic carboxylic acids is 1. The van der Waals surface area contributed by atoms with E-state index in [-0.39, 0.29) is 5.56 Å². The molecule has 0 bridgehead atoms. The minimum absolute atomic E-state index is 0.172. The third-order valence-electron chi connectivity index (χ3n) is 3.66. The number of hydrogen-bond acceptors (Lipinski definition) is 5. The number of rotatable bonds is 2. The van der Waals surface area contributed by atoms with Gasteiger partial charge in [-0.15, -0.1) is 0 Å². The molecule has 4 rings (SSSR count). The molecular weight excluding hydrogens is 296 g/mol. The van der Waals surface area contributed by atoms with Crippen LogP contribution < -0.4 is 9.47 Å². The van der Waals surface area contributed by atoms with E-state index in [4.69, 9.17) is 9.47 Å². The molecule has 1 aliphatic rings. The van der Waals surface area contributed by atoms with Crippen LogP contribution in [0.15, 0.2) is 42.7 Å². The van der Waals surface area contributed by atoms with Crippen molar-refractivity contribution in [1.29, 1.82) is 0 Å². The molecule has 0 unspecified atom stereocenters. The first kappa shape index (κ1) is 13.5. The molecule has 0 aliphatic carbocycles. The predicted molar refractivity (Wildman–Crippen MR) is 82.9 cm³/mol. The number of fused-ring (bicyclic) bond motifs is 2. The van der Waals surface area contributed by atoms with Gasteiger partial charge < -0.3 is 14.6 Å². The van der Waals surface area contributed by atoms with Gasteiger partial charge in [0.25, 0.3) is 0 Å². The summed E-state index contributed by atoms with van der Waals surface area (Å²) >= 11 is 0. The van der Waals surface area contributed by atoms with Crippen LogP contribution >= 0.6 is 0 Å². The van der Waals surface area contributed by atoms with Gasteiger partial charge in [0.15, 0.2) is 11.5 Å². The lowest BCUT2D eigenvalue weighted by Gasteiger charge is -2.19. The first-order valence-corrected chi connectivity index (χ1v) is 7.10. The summed E-state index contributed by atoms with van der Waals surface area (Å²) in [5.41, 5.74) is 2.03. The minimum Gasteiger partial charge on any atom is -0.486 e. The van der Waals surface area contributed by atoms with Gasteiger partial charge >= 0.3 is 5.97 Å². The second kappa shape index (κ2) is 5.24. The number of benzene rings is 1. The normalized spacial score (nSPS) is 13.0. The summed E-state index contributed by atoms with van der Waals surface area (Å²) in [7, 11) is 0. The van der Waals surface area contributed by atoms with Crippen molar-refractivity contribution in [3.63, 3.8) is 0 Å². The van der Waals surface area contributed by atoms with E-state index in [0.29, 0.717) is 41.3 Å².